The predicted octanol–water partition coefficient (Wildman–Crippen LogP) is 3.74. The first-order chi connectivity index (χ1) is 10.9. The third kappa shape index (κ3) is 13.1. The summed E-state index contributed by atoms with van der Waals surface area (Å²) in [5, 5.41) is 0. The smallest absolute Gasteiger partial charge is 0.306 e. The third-order valence-electron chi connectivity index (χ3n) is 3.74. The molecule has 0 amide bonds. The van der Waals surface area contributed by atoms with Gasteiger partial charge in [0.2, 0.25) is 0 Å². The predicted molar refractivity (Wildman–Crippen MR) is 90.1 cm³/mol. The normalized spacial score (nSPS) is 13.7. The van der Waals surface area contributed by atoms with Crippen molar-refractivity contribution in [3.8, 4) is 0 Å². The molecule has 0 aliphatic carbocycles. The summed E-state index contributed by atoms with van der Waals surface area (Å²) < 4.78 is 15.5. The van der Waals surface area contributed by atoms with Crippen LogP contribution < -0.4 is 0 Å². The lowest BCUT2D eigenvalue weighted by atomic mass is 10.0. The highest BCUT2D eigenvalue weighted by molar-refractivity contribution is 5.70. The van der Waals surface area contributed by atoms with E-state index in [0.717, 1.165) is 25.7 Å². The average molecular weight is 330 g/mol. The van der Waals surface area contributed by atoms with Gasteiger partial charge in [-0.1, -0.05) is 27.2 Å². The van der Waals surface area contributed by atoms with E-state index in [1.807, 2.05) is 20.8 Å². The fraction of sp³-hybridized carbons (Fsp3) is 0.889. The molecule has 0 saturated carbocycles. The molecule has 0 heterocycles. The Hall–Kier alpha value is -1.10. The van der Waals surface area contributed by atoms with Gasteiger partial charge in [0.1, 0.15) is 6.10 Å². The minimum atomic E-state index is -0.163. The molecule has 0 spiro atoms. The number of unbranched alkanes of at least 4 members (excludes halogenated alkanes) is 2. The Morgan fingerprint density at radius 3 is 2.09 bits per heavy atom. The fourth-order valence-corrected chi connectivity index (χ4v) is 1.97. The molecule has 0 aliphatic heterocycles. The molecule has 0 aromatic carbocycles. The fourth-order valence-electron chi connectivity index (χ4n) is 1.97. The van der Waals surface area contributed by atoms with Crippen molar-refractivity contribution in [3.05, 3.63) is 0 Å². The van der Waals surface area contributed by atoms with Crippen molar-refractivity contribution in [1.82, 2.24) is 0 Å². The van der Waals surface area contributed by atoms with Crippen LogP contribution in [0.3, 0.4) is 0 Å². The van der Waals surface area contributed by atoms with Gasteiger partial charge in [0, 0.05) is 26.6 Å². The lowest BCUT2D eigenvalue weighted by Gasteiger charge is -2.20. The minimum absolute atomic E-state index is 0.0938. The second-order valence-electron chi connectivity index (χ2n) is 6.59. The van der Waals surface area contributed by atoms with Gasteiger partial charge in [-0.2, -0.15) is 0 Å². The van der Waals surface area contributed by atoms with Gasteiger partial charge in [0.15, 0.2) is 0 Å². The molecule has 136 valence electrons. The van der Waals surface area contributed by atoms with E-state index < -0.39 is 0 Å². The van der Waals surface area contributed by atoms with Crippen LogP contribution in [-0.4, -0.2) is 38.4 Å². The number of methoxy groups -OCH3 is 1. The summed E-state index contributed by atoms with van der Waals surface area (Å²) in [5.41, 5.74) is 0. The van der Waals surface area contributed by atoms with Gasteiger partial charge < -0.3 is 14.2 Å². The van der Waals surface area contributed by atoms with Crippen molar-refractivity contribution in [2.24, 2.45) is 11.8 Å². The Morgan fingerprint density at radius 1 is 0.913 bits per heavy atom. The molecule has 5 nitrogen and oxygen atoms in total. The molecule has 5 heteroatoms. The van der Waals surface area contributed by atoms with Crippen molar-refractivity contribution >= 4 is 11.9 Å². The van der Waals surface area contributed by atoms with Gasteiger partial charge in [0.05, 0.1) is 6.61 Å². The molecule has 0 aliphatic rings. The largest absolute Gasteiger partial charge is 0.465 e. The molecular formula is C18H34O5. The molecule has 0 aromatic heterocycles. The lowest BCUT2D eigenvalue weighted by Crippen LogP contribution is -2.23. The molecular weight excluding hydrogens is 296 g/mol. The first-order valence-corrected chi connectivity index (χ1v) is 8.70. The Kier molecular flexibility index (Phi) is 12.7. The third-order valence-corrected chi connectivity index (χ3v) is 3.74. The van der Waals surface area contributed by atoms with Crippen molar-refractivity contribution in [2.45, 2.75) is 72.3 Å². The van der Waals surface area contributed by atoms with E-state index in [1.54, 1.807) is 7.11 Å². The van der Waals surface area contributed by atoms with Crippen molar-refractivity contribution in [3.63, 3.8) is 0 Å². The summed E-state index contributed by atoms with van der Waals surface area (Å²) in [6, 6.07) is 0. The maximum atomic E-state index is 11.8. The van der Waals surface area contributed by atoms with Gasteiger partial charge in [0.25, 0.3) is 0 Å². The second kappa shape index (κ2) is 13.3. The summed E-state index contributed by atoms with van der Waals surface area (Å²) in [7, 11) is 1.67. The average Bonchev–Trinajstić information content (AvgIpc) is 2.49. The molecule has 0 radical (unpaired) electrons. The standard InChI is InChI=1S/C18H34O5/c1-14(2)13-22-17(19)9-7-6-8-10-18(20)23-16(4)15(3)11-12-21-5/h14-16H,6-13H2,1-5H3. The van der Waals surface area contributed by atoms with Crippen LogP contribution in [0, 0.1) is 11.8 Å². The summed E-state index contributed by atoms with van der Waals surface area (Å²) in [6.07, 6.45) is 3.94. The van der Waals surface area contributed by atoms with E-state index in [-0.39, 0.29) is 24.0 Å². The maximum Gasteiger partial charge on any atom is 0.306 e. The van der Waals surface area contributed by atoms with Crippen LogP contribution in [0.4, 0.5) is 0 Å². The second-order valence-corrected chi connectivity index (χ2v) is 6.59. The van der Waals surface area contributed by atoms with E-state index in [4.69, 9.17) is 14.2 Å². The molecule has 0 aromatic rings. The zero-order chi connectivity index (χ0) is 17.7. The van der Waals surface area contributed by atoms with Gasteiger partial charge in [-0.05, 0) is 38.0 Å². The number of carbonyl (C=O) groups is 2. The highest BCUT2D eigenvalue weighted by Gasteiger charge is 2.16. The summed E-state index contributed by atoms with van der Waals surface area (Å²) >= 11 is 0. The van der Waals surface area contributed by atoms with Crippen molar-refractivity contribution < 1.29 is 23.8 Å². The first-order valence-electron chi connectivity index (χ1n) is 8.70. The molecule has 0 N–H and O–H groups in total. The van der Waals surface area contributed by atoms with Crippen LogP contribution in [0.1, 0.15) is 66.2 Å². The number of carbonyl (C=O) groups excluding carboxylic acids is 2. The number of ether oxygens (including phenoxy) is 3. The molecule has 0 fully saturated rings. The minimum Gasteiger partial charge on any atom is -0.465 e. The molecule has 23 heavy (non-hydrogen) atoms. The van der Waals surface area contributed by atoms with Gasteiger partial charge in [-0.15, -0.1) is 0 Å². The highest BCUT2D eigenvalue weighted by Crippen LogP contribution is 2.13. The van der Waals surface area contributed by atoms with E-state index in [1.165, 1.54) is 0 Å². The van der Waals surface area contributed by atoms with Gasteiger partial charge in [-0.3, -0.25) is 9.59 Å². The summed E-state index contributed by atoms with van der Waals surface area (Å²) in [5.74, 6) is 0.336. The van der Waals surface area contributed by atoms with Crippen LogP contribution >= 0.6 is 0 Å². The van der Waals surface area contributed by atoms with Crippen molar-refractivity contribution in [1.29, 1.82) is 0 Å². The van der Waals surface area contributed by atoms with E-state index in [9.17, 15) is 9.59 Å². The monoisotopic (exact) mass is 330 g/mol. The molecule has 0 saturated heterocycles. The molecule has 2 atom stereocenters. The van der Waals surface area contributed by atoms with E-state index in [2.05, 4.69) is 6.92 Å². The molecule has 0 rings (SSSR count). The number of esters is 2. The Balaban J connectivity index is 3.65. The first kappa shape index (κ1) is 21.9. The van der Waals surface area contributed by atoms with Crippen LogP contribution in [-0.2, 0) is 23.8 Å². The molecule has 0 bridgehead atoms. The van der Waals surface area contributed by atoms with E-state index in [0.29, 0.717) is 32.0 Å². The highest BCUT2D eigenvalue weighted by atomic mass is 16.5. The summed E-state index contributed by atoms with van der Waals surface area (Å²) in [6.45, 7) is 9.15. The SMILES string of the molecule is COCCC(C)C(C)OC(=O)CCCCCC(=O)OCC(C)C. The van der Waals surface area contributed by atoms with Crippen LogP contribution in [0.5, 0.6) is 0 Å². The quantitative estimate of drug-likeness (QED) is 0.380. The number of hydrogen-bond acceptors (Lipinski definition) is 5. The Morgan fingerprint density at radius 2 is 1.52 bits per heavy atom. The molecule has 2 unspecified atom stereocenters. The number of hydrogen-bond donors (Lipinski definition) is 0. The van der Waals surface area contributed by atoms with Crippen molar-refractivity contribution in [2.75, 3.05) is 20.3 Å². The Bertz CT molecular complexity index is 327. The Labute approximate surface area is 141 Å². The van der Waals surface area contributed by atoms with Crippen LogP contribution in [0.2, 0.25) is 0 Å². The number of rotatable bonds is 13. The summed E-state index contributed by atoms with van der Waals surface area (Å²) in [4.78, 5) is 23.2. The maximum absolute atomic E-state index is 11.8. The lowest BCUT2D eigenvalue weighted by molar-refractivity contribution is -0.151. The topological polar surface area (TPSA) is 61.8 Å². The van der Waals surface area contributed by atoms with E-state index >= 15 is 0 Å². The van der Waals surface area contributed by atoms with Gasteiger partial charge >= 0.3 is 11.9 Å². The van der Waals surface area contributed by atoms with Crippen LogP contribution in [0.15, 0.2) is 0 Å². The van der Waals surface area contributed by atoms with Crippen LogP contribution in [0.25, 0.3) is 0 Å². The zero-order valence-electron chi connectivity index (χ0n) is 15.4. The van der Waals surface area contributed by atoms with Gasteiger partial charge in [-0.25, -0.2) is 0 Å². The zero-order valence-corrected chi connectivity index (χ0v) is 15.4.